The van der Waals surface area contributed by atoms with E-state index < -0.39 is 11.5 Å². The summed E-state index contributed by atoms with van der Waals surface area (Å²) in [6.45, 7) is 1.96. The monoisotopic (exact) mass is 300 g/mol. The van der Waals surface area contributed by atoms with Crippen molar-refractivity contribution >= 4 is 27.5 Å². The van der Waals surface area contributed by atoms with Crippen LogP contribution < -0.4 is 5.56 Å². The molecule has 0 bridgehead atoms. The van der Waals surface area contributed by atoms with E-state index in [1.165, 1.54) is 15.9 Å². The molecule has 0 radical (unpaired) electrons. The Balaban J connectivity index is 2.11. The topological polar surface area (TPSA) is 72.2 Å². The van der Waals surface area contributed by atoms with Crippen LogP contribution in [0.4, 0.5) is 0 Å². The number of aromatic carboxylic acids is 1. The largest absolute Gasteiger partial charge is 0.477 e. The lowest BCUT2D eigenvalue weighted by Gasteiger charge is -2.09. The second kappa shape index (κ2) is 5.14. The third-order valence-corrected chi connectivity index (χ3v) is 4.28. The van der Waals surface area contributed by atoms with Crippen LogP contribution in [0.3, 0.4) is 0 Å². The fourth-order valence-corrected chi connectivity index (χ4v) is 3.10. The Morgan fingerprint density at radius 3 is 2.95 bits per heavy atom. The van der Waals surface area contributed by atoms with Gasteiger partial charge in [0, 0.05) is 6.20 Å². The summed E-state index contributed by atoms with van der Waals surface area (Å²) in [5, 5.41) is 9.15. The van der Waals surface area contributed by atoms with E-state index in [2.05, 4.69) is 4.98 Å². The first kappa shape index (κ1) is 13.5. The zero-order valence-electron chi connectivity index (χ0n) is 11.2. The van der Waals surface area contributed by atoms with Crippen LogP contribution in [0.1, 0.15) is 21.5 Å². The first-order valence-electron chi connectivity index (χ1n) is 6.32. The molecule has 0 saturated carbocycles. The molecule has 2 heterocycles. The molecule has 5 nitrogen and oxygen atoms in total. The van der Waals surface area contributed by atoms with Crippen molar-refractivity contribution < 1.29 is 9.90 Å². The summed E-state index contributed by atoms with van der Waals surface area (Å²) in [5.74, 6) is -1.19. The van der Waals surface area contributed by atoms with E-state index in [1.54, 1.807) is 24.7 Å². The Kier molecular flexibility index (Phi) is 3.31. The number of nitrogens with zero attached hydrogens (tertiary/aromatic N) is 2. The highest BCUT2D eigenvalue weighted by Gasteiger charge is 2.15. The van der Waals surface area contributed by atoms with Gasteiger partial charge in [-0.2, -0.15) is 0 Å². The van der Waals surface area contributed by atoms with Gasteiger partial charge in [0.15, 0.2) is 0 Å². The van der Waals surface area contributed by atoms with Gasteiger partial charge in [-0.15, -0.1) is 11.3 Å². The number of rotatable bonds is 3. The summed E-state index contributed by atoms with van der Waals surface area (Å²) < 4.78 is 2.44. The van der Waals surface area contributed by atoms with Crippen molar-refractivity contribution in [2.75, 3.05) is 0 Å². The van der Waals surface area contributed by atoms with Gasteiger partial charge in [0.2, 0.25) is 0 Å². The number of pyridine rings is 1. The fourth-order valence-electron chi connectivity index (χ4n) is 2.30. The molecular formula is C15H12N2O3S. The number of carbonyl (C=O) groups is 1. The van der Waals surface area contributed by atoms with Gasteiger partial charge in [-0.3, -0.25) is 4.79 Å². The van der Waals surface area contributed by atoms with E-state index >= 15 is 0 Å². The molecule has 21 heavy (non-hydrogen) atoms. The quantitative estimate of drug-likeness (QED) is 0.806. The highest BCUT2D eigenvalue weighted by molar-refractivity contribution is 7.16. The zero-order valence-corrected chi connectivity index (χ0v) is 12.1. The summed E-state index contributed by atoms with van der Waals surface area (Å²) in [4.78, 5) is 27.7. The maximum Gasteiger partial charge on any atom is 0.341 e. The summed E-state index contributed by atoms with van der Waals surface area (Å²) in [5.41, 5.74) is 3.42. The molecule has 0 unspecified atom stereocenters. The van der Waals surface area contributed by atoms with Crippen molar-refractivity contribution in [3.8, 4) is 0 Å². The molecule has 0 atom stereocenters. The number of hydrogen-bond acceptors (Lipinski definition) is 4. The number of aromatic nitrogens is 2. The number of hydrogen-bond donors (Lipinski definition) is 1. The van der Waals surface area contributed by atoms with Gasteiger partial charge in [0.05, 0.1) is 22.3 Å². The minimum absolute atomic E-state index is 0.172. The van der Waals surface area contributed by atoms with E-state index in [9.17, 15) is 9.59 Å². The number of carboxylic acids is 1. The van der Waals surface area contributed by atoms with Gasteiger partial charge < -0.3 is 9.67 Å². The van der Waals surface area contributed by atoms with Crippen LogP contribution in [-0.4, -0.2) is 20.6 Å². The Morgan fingerprint density at radius 1 is 1.38 bits per heavy atom. The van der Waals surface area contributed by atoms with Crippen LogP contribution in [0.5, 0.6) is 0 Å². The third kappa shape index (κ3) is 2.34. The second-order valence-corrected chi connectivity index (χ2v) is 5.58. The molecule has 0 aliphatic carbocycles. The predicted octanol–water partition coefficient (Wildman–Crippen LogP) is 2.51. The Bertz CT molecular complexity index is 895. The van der Waals surface area contributed by atoms with E-state index in [0.717, 1.165) is 15.8 Å². The lowest BCUT2D eigenvalue weighted by molar-refractivity contribution is 0.0693. The lowest BCUT2D eigenvalue weighted by atomic mass is 10.1. The van der Waals surface area contributed by atoms with E-state index in [0.29, 0.717) is 12.1 Å². The van der Waals surface area contributed by atoms with Gasteiger partial charge in [0.25, 0.3) is 5.56 Å². The van der Waals surface area contributed by atoms with E-state index in [-0.39, 0.29) is 5.56 Å². The van der Waals surface area contributed by atoms with Crippen molar-refractivity contribution in [2.45, 2.75) is 13.5 Å². The average molecular weight is 300 g/mol. The van der Waals surface area contributed by atoms with Crippen LogP contribution in [0, 0.1) is 6.92 Å². The Labute approximate surface area is 124 Å². The van der Waals surface area contributed by atoms with Crippen molar-refractivity contribution in [2.24, 2.45) is 0 Å². The van der Waals surface area contributed by atoms with Crippen LogP contribution in [-0.2, 0) is 6.54 Å². The Morgan fingerprint density at radius 2 is 2.19 bits per heavy atom. The molecule has 0 fully saturated rings. The number of aryl methyl sites for hydroxylation is 1. The molecule has 0 aliphatic rings. The molecule has 1 N–H and O–H groups in total. The van der Waals surface area contributed by atoms with Gasteiger partial charge in [0.1, 0.15) is 5.56 Å². The van der Waals surface area contributed by atoms with E-state index in [1.807, 2.05) is 18.2 Å². The van der Waals surface area contributed by atoms with Crippen LogP contribution in [0.25, 0.3) is 10.2 Å². The summed E-state index contributed by atoms with van der Waals surface area (Å²) >= 11 is 1.51. The standard InChI is InChI=1S/C15H12N2O3S/c1-9-5-6-17(14(18)12(9)15(19)20)7-10-3-2-4-11-13(10)21-8-16-11/h2-6,8H,7H2,1H3,(H,19,20). The van der Waals surface area contributed by atoms with Crippen molar-refractivity contribution in [3.05, 3.63) is 63.0 Å². The van der Waals surface area contributed by atoms with Crippen LogP contribution >= 0.6 is 11.3 Å². The summed E-state index contributed by atoms with van der Waals surface area (Å²) in [6.07, 6.45) is 1.63. The van der Waals surface area contributed by atoms with Crippen LogP contribution in [0.2, 0.25) is 0 Å². The van der Waals surface area contributed by atoms with Crippen molar-refractivity contribution in [3.63, 3.8) is 0 Å². The number of carboxylic acid groups (broad SMARTS) is 1. The smallest absolute Gasteiger partial charge is 0.341 e. The normalized spacial score (nSPS) is 10.9. The maximum atomic E-state index is 12.3. The molecule has 2 aromatic heterocycles. The SMILES string of the molecule is Cc1ccn(Cc2cccc3ncsc23)c(=O)c1C(=O)O. The highest BCUT2D eigenvalue weighted by atomic mass is 32.1. The number of thiazole rings is 1. The first-order valence-corrected chi connectivity index (χ1v) is 7.20. The predicted molar refractivity (Wildman–Crippen MR) is 81.1 cm³/mol. The van der Waals surface area contributed by atoms with Gasteiger partial charge >= 0.3 is 5.97 Å². The molecule has 3 aromatic rings. The summed E-state index contributed by atoms with van der Waals surface area (Å²) in [7, 11) is 0. The zero-order chi connectivity index (χ0) is 15.0. The molecule has 0 saturated heterocycles. The molecule has 106 valence electrons. The van der Waals surface area contributed by atoms with Crippen molar-refractivity contribution in [1.82, 2.24) is 9.55 Å². The van der Waals surface area contributed by atoms with E-state index in [4.69, 9.17) is 5.11 Å². The number of benzene rings is 1. The highest BCUT2D eigenvalue weighted by Crippen LogP contribution is 2.22. The number of fused-ring (bicyclic) bond motifs is 1. The molecule has 3 rings (SSSR count). The van der Waals surface area contributed by atoms with Gasteiger partial charge in [-0.25, -0.2) is 9.78 Å². The minimum Gasteiger partial charge on any atom is -0.477 e. The molecule has 6 heteroatoms. The molecule has 0 aliphatic heterocycles. The van der Waals surface area contributed by atoms with Gasteiger partial charge in [-0.05, 0) is 30.2 Å². The molecular weight excluding hydrogens is 288 g/mol. The summed E-state index contributed by atoms with van der Waals surface area (Å²) in [6, 6.07) is 7.37. The first-order chi connectivity index (χ1) is 10.1. The van der Waals surface area contributed by atoms with Crippen LogP contribution in [0.15, 0.2) is 40.8 Å². The fraction of sp³-hybridized carbons (Fsp3) is 0.133. The third-order valence-electron chi connectivity index (χ3n) is 3.37. The molecule has 0 amide bonds. The minimum atomic E-state index is -1.19. The lowest BCUT2D eigenvalue weighted by Crippen LogP contribution is -2.27. The Hall–Kier alpha value is -2.47. The molecule has 1 aromatic carbocycles. The second-order valence-electron chi connectivity index (χ2n) is 4.73. The van der Waals surface area contributed by atoms with Crippen molar-refractivity contribution in [1.29, 1.82) is 0 Å². The maximum absolute atomic E-state index is 12.3. The average Bonchev–Trinajstić information content (AvgIpc) is 2.91. The van der Waals surface area contributed by atoms with Gasteiger partial charge in [-0.1, -0.05) is 12.1 Å². The molecule has 0 spiro atoms.